The molecule has 14 heavy (non-hydrogen) atoms. The third-order valence-corrected chi connectivity index (χ3v) is 2.78. The van der Waals surface area contributed by atoms with Crippen LogP contribution in [0.3, 0.4) is 0 Å². The van der Waals surface area contributed by atoms with Crippen LogP contribution in [0.2, 0.25) is 0 Å². The standard InChI is InChI=1S/C10H16N4/c11-8-3-6-14-10(9(8)12)7-1-4-13-5-2-7/h3,6-7,13H,1-2,4-5,12H2,(H2,11,14). The van der Waals surface area contributed by atoms with Crippen molar-refractivity contribution in [2.45, 2.75) is 18.8 Å². The van der Waals surface area contributed by atoms with Crippen LogP contribution in [0, 0.1) is 0 Å². The first-order valence-electron chi connectivity index (χ1n) is 4.99. The Labute approximate surface area is 83.7 Å². The first-order valence-corrected chi connectivity index (χ1v) is 4.99. The summed E-state index contributed by atoms with van der Waals surface area (Å²) in [4.78, 5) is 4.33. The summed E-state index contributed by atoms with van der Waals surface area (Å²) in [6.45, 7) is 2.08. The van der Waals surface area contributed by atoms with Gasteiger partial charge in [-0.1, -0.05) is 0 Å². The molecule has 1 aliphatic heterocycles. The van der Waals surface area contributed by atoms with E-state index in [1.807, 2.05) is 0 Å². The zero-order valence-electron chi connectivity index (χ0n) is 8.16. The highest BCUT2D eigenvalue weighted by Crippen LogP contribution is 2.30. The maximum Gasteiger partial charge on any atom is 0.0769 e. The second kappa shape index (κ2) is 3.84. The maximum absolute atomic E-state index is 5.91. The van der Waals surface area contributed by atoms with E-state index in [1.54, 1.807) is 12.3 Å². The number of pyridine rings is 1. The number of nitrogen functional groups attached to an aromatic ring is 2. The van der Waals surface area contributed by atoms with Crippen LogP contribution < -0.4 is 16.8 Å². The predicted octanol–water partition coefficient (Wildman–Crippen LogP) is 0.713. The number of anilines is 2. The summed E-state index contributed by atoms with van der Waals surface area (Å²) < 4.78 is 0. The lowest BCUT2D eigenvalue weighted by molar-refractivity contribution is 0.454. The van der Waals surface area contributed by atoms with Crippen molar-refractivity contribution >= 4 is 11.4 Å². The average molecular weight is 192 g/mol. The monoisotopic (exact) mass is 192 g/mol. The van der Waals surface area contributed by atoms with Gasteiger partial charge in [0.05, 0.1) is 17.1 Å². The lowest BCUT2D eigenvalue weighted by Gasteiger charge is -2.23. The molecule has 0 unspecified atom stereocenters. The van der Waals surface area contributed by atoms with Crippen LogP contribution in [0.4, 0.5) is 11.4 Å². The van der Waals surface area contributed by atoms with E-state index in [2.05, 4.69) is 10.3 Å². The van der Waals surface area contributed by atoms with E-state index >= 15 is 0 Å². The number of nitrogens with one attached hydrogen (secondary N) is 1. The number of rotatable bonds is 1. The third kappa shape index (κ3) is 1.65. The molecule has 0 radical (unpaired) electrons. The van der Waals surface area contributed by atoms with Gasteiger partial charge in [-0.15, -0.1) is 0 Å². The molecule has 0 aromatic carbocycles. The Morgan fingerprint density at radius 2 is 2.00 bits per heavy atom. The van der Waals surface area contributed by atoms with Crippen LogP contribution in [0.15, 0.2) is 12.3 Å². The quantitative estimate of drug-likeness (QED) is 0.612. The van der Waals surface area contributed by atoms with Crippen molar-refractivity contribution in [1.29, 1.82) is 0 Å². The number of piperidine rings is 1. The minimum atomic E-state index is 0.472. The van der Waals surface area contributed by atoms with Crippen LogP contribution in [-0.4, -0.2) is 18.1 Å². The second-order valence-electron chi connectivity index (χ2n) is 3.72. The predicted molar refractivity (Wildman–Crippen MR) is 57.9 cm³/mol. The Morgan fingerprint density at radius 3 is 2.71 bits per heavy atom. The van der Waals surface area contributed by atoms with Crippen LogP contribution in [0.1, 0.15) is 24.5 Å². The van der Waals surface area contributed by atoms with Crippen molar-refractivity contribution < 1.29 is 0 Å². The summed E-state index contributed by atoms with van der Waals surface area (Å²) in [6, 6.07) is 1.75. The van der Waals surface area contributed by atoms with Gasteiger partial charge >= 0.3 is 0 Å². The van der Waals surface area contributed by atoms with E-state index in [9.17, 15) is 0 Å². The Kier molecular flexibility index (Phi) is 2.54. The van der Waals surface area contributed by atoms with Crippen LogP contribution in [0.5, 0.6) is 0 Å². The molecule has 0 spiro atoms. The first-order chi connectivity index (χ1) is 6.79. The van der Waals surface area contributed by atoms with Gasteiger partial charge in [-0.25, -0.2) is 0 Å². The molecule has 2 rings (SSSR count). The number of aromatic nitrogens is 1. The summed E-state index contributed by atoms with van der Waals surface area (Å²) in [6.07, 6.45) is 3.93. The fourth-order valence-electron chi connectivity index (χ4n) is 1.93. The molecule has 0 saturated carbocycles. The van der Waals surface area contributed by atoms with Gasteiger partial charge in [0.2, 0.25) is 0 Å². The zero-order chi connectivity index (χ0) is 9.97. The molecule has 1 aliphatic rings. The van der Waals surface area contributed by atoms with E-state index < -0.39 is 0 Å². The molecule has 0 amide bonds. The molecule has 1 saturated heterocycles. The van der Waals surface area contributed by atoms with Crippen molar-refractivity contribution in [1.82, 2.24) is 10.3 Å². The van der Waals surface area contributed by atoms with E-state index in [1.165, 1.54) is 0 Å². The minimum Gasteiger partial charge on any atom is -0.397 e. The molecule has 4 nitrogen and oxygen atoms in total. The molecular weight excluding hydrogens is 176 g/mol. The van der Waals surface area contributed by atoms with E-state index in [4.69, 9.17) is 11.5 Å². The summed E-state index contributed by atoms with van der Waals surface area (Å²) in [7, 11) is 0. The molecule has 1 aromatic heterocycles. The molecule has 4 heteroatoms. The average Bonchev–Trinajstić information content (AvgIpc) is 2.23. The number of hydrogen-bond donors (Lipinski definition) is 3. The van der Waals surface area contributed by atoms with Crippen LogP contribution in [0.25, 0.3) is 0 Å². The van der Waals surface area contributed by atoms with E-state index in [0.29, 0.717) is 17.3 Å². The highest BCUT2D eigenvalue weighted by Gasteiger charge is 2.19. The van der Waals surface area contributed by atoms with Gasteiger partial charge < -0.3 is 16.8 Å². The Balaban J connectivity index is 2.26. The van der Waals surface area contributed by atoms with Gasteiger partial charge in [0, 0.05) is 12.1 Å². The molecule has 1 aromatic rings. The topological polar surface area (TPSA) is 77.0 Å². The van der Waals surface area contributed by atoms with Crippen molar-refractivity contribution in [3.05, 3.63) is 18.0 Å². The van der Waals surface area contributed by atoms with Gasteiger partial charge in [0.1, 0.15) is 0 Å². The molecule has 0 atom stereocenters. The fourth-order valence-corrected chi connectivity index (χ4v) is 1.93. The lowest BCUT2D eigenvalue weighted by atomic mass is 9.93. The molecule has 5 N–H and O–H groups in total. The van der Waals surface area contributed by atoms with Gasteiger partial charge in [-0.2, -0.15) is 0 Å². The van der Waals surface area contributed by atoms with E-state index in [-0.39, 0.29) is 0 Å². The fraction of sp³-hybridized carbons (Fsp3) is 0.500. The van der Waals surface area contributed by atoms with Gasteiger partial charge in [-0.05, 0) is 32.0 Å². The Bertz CT molecular complexity index is 318. The highest BCUT2D eigenvalue weighted by atomic mass is 14.9. The molecule has 0 aliphatic carbocycles. The molecule has 76 valence electrons. The van der Waals surface area contributed by atoms with E-state index in [0.717, 1.165) is 31.6 Å². The Morgan fingerprint density at radius 1 is 1.29 bits per heavy atom. The largest absolute Gasteiger partial charge is 0.397 e. The minimum absolute atomic E-state index is 0.472. The maximum atomic E-state index is 5.91. The number of nitrogens with two attached hydrogens (primary N) is 2. The van der Waals surface area contributed by atoms with Crippen molar-refractivity contribution in [2.24, 2.45) is 0 Å². The number of hydrogen-bond acceptors (Lipinski definition) is 4. The van der Waals surface area contributed by atoms with Crippen molar-refractivity contribution in [3.8, 4) is 0 Å². The smallest absolute Gasteiger partial charge is 0.0769 e. The molecule has 2 heterocycles. The SMILES string of the molecule is Nc1ccnc(C2CCNCC2)c1N. The zero-order valence-corrected chi connectivity index (χ0v) is 8.16. The molecular formula is C10H16N4. The summed E-state index contributed by atoms with van der Waals surface area (Å²) in [5.74, 6) is 0.472. The molecule has 0 bridgehead atoms. The van der Waals surface area contributed by atoms with Crippen LogP contribution in [-0.2, 0) is 0 Å². The lowest BCUT2D eigenvalue weighted by Crippen LogP contribution is -2.27. The third-order valence-electron chi connectivity index (χ3n) is 2.78. The van der Waals surface area contributed by atoms with Crippen molar-refractivity contribution in [3.63, 3.8) is 0 Å². The normalized spacial score (nSPS) is 18.3. The highest BCUT2D eigenvalue weighted by molar-refractivity contribution is 5.65. The summed E-state index contributed by atoms with van der Waals surface area (Å²) in [5.41, 5.74) is 13.9. The van der Waals surface area contributed by atoms with Crippen molar-refractivity contribution in [2.75, 3.05) is 24.6 Å². The second-order valence-corrected chi connectivity index (χ2v) is 3.72. The summed E-state index contributed by atoms with van der Waals surface area (Å²) in [5, 5.41) is 3.32. The number of nitrogens with zero attached hydrogens (tertiary/aromatic N) is 1. The van der Waals surface area contributed by atoms with Gasteiger partial charge in [-0.3, -0.25) is 4.98 Å². The summed E-state index contributed by atoms with van der Waals surface area (Å²) >= 11 is 0. The Hall–Kier alpha value is -1.29. The van der Waals surface area contributed by atoms with Crippen LogP contribution >= 0.6 is 0 Å². The first kappa shape index (κ1) is 9.27. The van der Waals surface area contributed by atoms with Gasteiger partial charge in [0.15, 0.2) is 0 Å². The van der Waals surface area contributed by atoms with Gasteiger partial charge in [0.25, 0.3) is 0 Å². The molecule has 1 fully saturated rings.